The average molecular weight is 337 g/mol. The lowest BCUT2D eigenvalue weighted by Crippen LogP contribution is -2.53. The summed E-state index contributed by atoms with van der Waals surface area (Å²) in [5, 5.41) is 3.35. The molecule has 2 aromatic rings. The number of hydrogen-bond acceptors (Lipinski definition) is 4. The molecule has 0 unspecified atom stereocenters. The quantitative estimate of drug-likeness (QED) is 0.931. The Morgan fingerprint density at radius 1 is 1.16 bits per heavy atom. The summed E-state index contributed by atoms with van der Waals surface area (Å²) in [7, 11) is 0. The third kappa shape index (κ3) is 3.37. The van der Waals surface area contributed by atoms with E-state index in [0.29, 0.717) is 12.1 Å². The van der Waals surface area contributed by atoms with Crippen LogP contribution >= 0.6 is 0 Å². The number of anilines is 1. The van der Waals surface area contributed by atoms with Crippen LogP contribution in [0, 0.1) is 0 Å². The smallest absolute Gasteiger partial charge is 0.256 e. The number of carbonyl (C=O) groups excluding carboxylic acids is 1. The number of aromatic nitrogens is 1. The standard InChI is InChI=1S/C20H23N3O2/c24-19(23-11-7-20(8-12-23)9-13-25-20)17-6-10-21-15-18(17)22-14-16-4-2-1-3-5-16/h1-6,10,15,22H,7-9,11-14H2. The first kappa shape index (κ1) is 16.1. The molecular formula is C20H23N3O2. The van der Waals surface area contributed by atoms with Gasteiger partial charge >= 0.3 is 0 Å². The molecule has 1 amide bonds. The summed E-state index contributed by atoms with van der Waals surface area (Å²) in [6.07, 6.45) is 6.43. The zero-order chi connectivity index (χ0) is 17.1. The molecule has 1 aromatic heterocycles. The van der Waals surface area contributed by atoms with Gasteiger partial charge in [0.05, 0.1) is 29.7 Å². The van der Waals surface area contributed by atoms with Gasteiger partial charge in [-0.1, -0.05) is 30.3 Å². The van der Waals surface area contributed by atoms with Crippen LogP contribution in [0.2, 0.25) is 0 Å². The summed E-state index contributed by atoms with van der Waals surface area (Å²) < 4.78 is 5.74. The van der Waals surface area contributed by atoms with Crippen molar-refractivity contribution in [1.29, 1.82) is 0 Å². The molecule has 0 saturated carbocycles. The SMILES string of the molecule is O=C(c1ccncc1NCc1ccccc1)N1CCC2(CCO2)CC1. The first-order chi connectivity index (χ1) is 12.3. The number of pyridine rings is 1. The third-order valence-corrected chi connectivity index (χ3v) is 5.31. The Balaban J connectivity index is 1.44. The summed E-state index contributed by atoms with van der Waals surface area (Å²) in [6, 6.07) is 12.0. The summed E-state index contributed by atoms with van der Waals surface area (Å²) in [5.74, 6) is 0.0761. The molecular weight excluding hydrogens is 314 g/mol. The molecule has 1 spiro atoms. The van der Waals surface area contributed by atoms with E-state index in [1.165, 1.54) is 5.56 Å². The van der Waals surface area contributed by atoms with E-state index >= 15 is 0 Å². The van der Waals surface area contributed by atoms with E-state index in [9.17, 15) is 4.79 Å². The van der Waals surface area contributed by atoms with E-state index in [0.717, 1.165) is 44.6 Å². The van der Waals surface area contributed by atoms with Gasteiger partial charge in [0.15, 0.2) is 0 Å². The van der Waals surface area contributed by atoms with Gasteiger partial charge in [0, 0.05) is 25.8 Å². The van der Waals surface area contributed by atoms with E-state index in [4.69, 9.17) is 4.74 Å². The van der Waals surface area contributed by atoms with Crippen molar-refractivity contribution in [2.24, 2.45) is 0 Å². The van der Waals surface area contributed by atoms with E-state index in [1.807, 2.05) is 23.1 Å². The number of nitrogens with one attached hydrogen (secondary N) is 1. The van der Waals surface area contributed by atoms with Crippen molar-refractivity contribution in [3.8, 4) is 0 Å². The van der Waals surface area contributed by atoms with Crippen LogP contribution in [-0.2, 0) is 11.3 Å². The molecule has 130 valence electrons. The van der Waals surface area contributed by atoms with Crippen molar-refractivity contribution < 1.29 is 9.53 Å². The minimum absolute atomic E-state index is 0.0589. The molecule has 4 rings (SSSR count). The van der Waals surface area contributed by atoms with Crippen LogP contribution in [0.15, 0.2) is 48.8 Å². The predicted octanol–water partition coefficient (Wildman–Crippen LogP) is 3.09. The van der Waals surface area contributed by atoms with Crippen LogP contribution in [0.3, 0.4) is 0 Å². The van der Waals surface area contributed by atoms with Gasteiger partial charge in [-0.25, -0.2) is 0 Å². The summed E-state index contributed by atoms with van der Waals surface area (Å²) in [5.41, 5.74) is 2.71. The van der Waals surface area contributed by atoms with Gasteiger partial charge in [-0.2, -0.15) is 0 Å². The van der Waals surface area contributed by atoms with Crippen molar-refractivity contribution in [2.75, 3.05) is 25.0 Å². The summed E-state index contributed by atoms with van der Waals surface area (Å²) in [6.45, 7) is 3.06. The van der Waals surface area contributed by atoms with Gasteiger partial charge in [0.2, 0.25) is 0 Å². The normalized spacial score (nSPS) is 18.6. The molecule has 0 aliphatic carbocycles. The van der Waals surface area contributed by atoms with Crippen molar-refractivity contribution in [1.82, 2.24) is 9.88 Å². The summed E-state index contributed by atoms with van der Waals surface area (Å²) >= 11 is 0. The maximum atomic E-state index is 13.0. The number of rotatable bonds is 4. The number of ether oxygens (including phenoxy) is 1. The number of nitrogens with zero attached hydrogens (tertiary/aromatic N) is 2. The topological polar surface area (TPSA) is 54.5 Å². The molecule has 0 radical (unpaired) electrons. The molecule has 2 aliphatic rings. The highest BCUT2D eigenvalue weighted by molar-refractivity contribution is 5.99. The van der Waals surface area contributed by atoms with Crippen LogP contribution in [0.5, 0.6) is 0 Å². The monoisotopic (exact) mass is 337 g/mol. The lowest BCUT2D eigenvalue weighted by molar-refractivity contribution is -0.169. The van der Waals surface area contributed by atoms with Gasteiger partial charge in [-0.15, -0.1) is 0 Å². The van der Waals surface area contributed by atoms with E-state index in [1.54, 1.807) is 18.5 Å². The molecule has 25 heavy (non-hydrogen) atoms. The highest BCUT2D eigenvalue weighted by atomic mass is 16.5. The molecule has 1 aromatic carbocycles. The van der Waals surface area contributed by atoms with Crippen LogP contribution < -0.4 is 5.32 Å². The number of likely N-dealkylation sites (tertiary alicyclic amines) is 1. The minimum Gasteiger partial charge on any atom is -0.379 e. The largest absolute Gasteiger partial charge is 0.379 e. The van der Waals surface area contributed by atoms with Crippen LogP contribution in [0.1, 0.15) is 35.2 Å². The summed E-state index contributed by atoms with van der Waals surface area (Å²) in [4.78, 5) is 19.1. The van der Waals surface area contributed by atoms with Crippen LogP contribution in [0.25, 0.3) is 0 Å². The number of carbonyl (C=O) groups is 1. The number of hydrogen-bond donors (Lipinski definition) is 1. The Hall–Kier alpha value is -2.40. The van der Waals surface area contributed by atoms with Gasteiger partial charge in [0.25, 0.3) is 5.91 Å². The molecule has 0 atom stereocenters. The Morgan fingerprint density at radius 2 is 1.92 bits per heavy atom. The molecule has 3 heterocycles. The van der Waals surface area contributed by atoms with Crippen LogP contribution in [-0.4, -0.2) is 41.1 Å². The average Bonchev–Trinajstić information content (AvgIpc) is 2.66. The van der Waals surface area contributed by atoms with Gasteiger partial charge in [0.1, 0.15) is 0 Å². The molecule has 2 aliphatic heterocycles. The maximum Gasteiger partial charge on any atom is 0.256 e. The van der Waals surface area contributed by atoms with Gasteiger partial charge in [-0.05, 0) is 30.9 Å². The second-order valence-corrected chi connectivity index (χ2v) is 6.83. The zero-order valence-electron chi connectivity index (χ0n) is 14.3. The van der Waals surface area contributed by atoms with E-state index < -0.39 is 0 Å². The Morgan fingerprint density at radius 3 is 2.60 bits per heavy atom. The van der Waals surface area contributed by atoms with E-state index in [-0.39, 0.29) is 11.5 Å². The van der Waals surface area contributed by atoms with Crippen LogP contribution in [0.4, 0.5) is 5.69 Å². The Bertz CT molecular complexity index is 734. The molecule has 5 nitrogen and oxygen atoms in total. The number of amides is 1. The molecule has 0 bridgehead atoms. The molecule has 2 fully saturated rings. The van der Waals surface area contributed by atoms with E-state index in [2.05, 4.69) is 22.4 Å². The molecule has 5 heteroatoms. The fraction of sp³-hybridized carbons (Fsp3) is 0.400. The number of piperidine rings is 1. The van der Waals surface area contributed by atoms with Crippen molar-refractivity contribution in [3.05, 3.63) is 59.9 Å². The van der Waals surface area contributed by atoms with Crippen molar-refractivity contribution in [3.63, 3.8) is 0 Å². The molecule has 1 N–H and O–H groups in total. The second-order valence-electron chi connectivity index (χ2n) is 6.83. The van der Waals surface area contributed by atoms with Crippen molar-refractivity contribution in [2.45, 2.75) is 31.4 Å². The first-order valence-corrected chi connectivity index (χ1v) is 8.91. The lowest BCUT2D eigenvalue weighted by Gasteiger charge is -2.47. The predicted molar refractivity (Wildman–Crippen MR) is 96.4 cm³/mol. The highest BCUT2D eigenvalue weighted by Crippen LogP contribution is 2.37. The fourth-order valence-corrected chi connectivity index (χ4v) is 3.59. The van der Waals surface area contributed by atoms with Gasteiger partial charge in [-0.3, -0.25) is 9.78 Å². The Kier molecular flexibility index (Phi) is 4.40. The third-order valence-electron chi connectivity index (χ3n) is 5.31. The highest BCUT2D eigenvalue weighted by Gasteiger charge is 2.42. The Labute approximate surface area is 148 Å². The molecule has 2 saturated heterocycles. The zero-order valence-corrected chi connectivity index (χ0v) is 14.3. The minimum atomic E-state index is 0.0589. The van der Waals surface area contributed by atoms with Crippen molar-refractivity contribution >= 4 is 11.6 Å². The van der Waals surface area contributed by atoms with Gasteiger partial charge < -0.3 is 15.0 Å². The maximum absolute atomic E-state index is 13.0. The first-order valence-electron chi connectivity index (χ1n) is 8.91. The second kappa shape index (κ2) is 6.84. The lowest BCUT2D eigenvalue weighted by atomic mass is 9.84. The number of benzene rings is 1. The fourth-order valence-electron chi connectivity index (χ4n) is 3.59.